The largest absolute Gasteiger partial charge is 0.416 e. The molecule has 3 aromatic heterocycles. The summed E-state index contributed by atoms with van der Waals surface area (Å²) in [4.78, 5) is 20.4. The molecule has 0 aliphatic rings. The molecule has 2 amide bonds. The van der Waals surface area contributed by atoms with Crippen LogP contribution in [0, 0.1) is 0 Å². The van der Waals surface area contributed by atoms with Crippen molar-refractivity contribution in [2.45, 2.75) is 11.9 Å². The van der Waals surface area contributed by atoms with Gasteiger partial charge in [0, 0.05) is 30.6 Å². The van der Waals surface area contributed by atoms with Gasteiger partial charge >= 0.3 is 12.2 Å². The molecule has 0 radical (unpaired) electrons. The summed E-state index contributed by atoms with van der Waals surface area (Å²) >= 11 is 0. The Bertz CT molecular complexity index is 1520. The Morgan fingerprint density at radius 1 is 1.09 bits per heavy atom. The van der Waals surface area contributed by atoms with E-state index in [0.29, 0.717) is 22.6 Å². The van der Waals surface area contributed by atoms with Crippen molar-refractivity contribution in [3.8, 4) is 11.1 Å². The first-order valence-corrected chi connectivity index (χ1v) is 12.2. The summed E-state index contributed by atoms with van der Waals surface area (Å²) in [6, 6.07) is 9.09. The minimum atomic E-state index is -4.56. The number of halogens is 3. The summed E-state index contributed by atoms with van der Waals surface area (Å²) in [5.74, 6) is -0.479. The number of fused-ring (bicyclic) bond motifs is 1. The lowest BCUT2D eigenvalue weighted by atomic mass is 10.0. The molecule has 9 nitrogen and oxygen atoms in total. The maximum Gasteiger partial charge on any atom is 0.416 e. The van der Waals surface area contributed by atoms with Crippen LogP contribution in [0.25, 0.3) is 22.2 Å². The van der Waals surface area contributed by atoms with Gasteiger partial charge in [0.05, 0.1) is 23.2 Å². The number of carbonyl (C=O) groups excluding carboxylic acids is 1. The van der Waals surface area contributed by atoms with Gasteiger partial charge in [0.1, 0.15) is 5.82 Å². The van der Waals surface area contributed by atoms with Crippen molar-refractivity contribution in [3.05, 3.63) is 66.1 Å². The van der Waals surface area contributed by atoms with Gasteiger partial charge in [0.2, 0.25) is 0 Å². The highest BCUT2D eigenvalue weighted by Gasteiger charge is 2.30. The number of sulfone groups is 1. The fraction of sp³-hybridized carbons (Fsp3) is 0.182. The van der Waals surface area contributed by atoms with E-state index in [-0.39, 0.29) is 11.6 Å². The minimum Gasteiger partial charge on any atom is -0.308 e. The molecular weight excluding hydrogens is 485 g/mol. The number of benzene rings is 1. The van der Waals surface area contributed by atoms with Crippen molar-refractivity contribution >= 4 is 38.4 Å². The SMILES string of the molecule is Cn1ncc2c(-c3ccc(NC(=O)Nc4cc(C(F)(F)F)ccn4)cc3)cc(CS(C)(=O)=O)nc21. The maximum absolute atomic E-state index is 12.8. The summed E-state index contributed by atoms with van der Waals surface area (Å²) in [5.41, 5.74) is 1.79. The van der Waals surface area contributed by atoms with Crippen LogP contribution in [0.2, 0.25) is 0 Å². The maximum atomic E-state index is 12.8. The number of nitrogens with one attached hydrogen (secondary N) is 2. The normalized spacial score (nSPS) is 12.0. The van der Waals surface area contributed by atoms with E-state index in [2.05, 4.69) is 25.7 Å². The van der Waals surface area contributed by atoms with Gasteiger partial charge in [-0.1, -0.05) is 12.1 Å². The molecule has 0 unspecified atom stereocenters. The summed E-state index contributed by atoms with van der Waals surface area (Å²) in [6.07, 6.45) is -0.843. The highest BCUT2D eigenvalue weighted by molar-refractivity contribution is 7.89. The Morgan fingerprint density at radius 3 is 2.46 bits per heavy atom. The third kappa shape index (κ3) is 5.74. The third-order valence-corrected chi connectivity index (χ3v) is 5.77. The number of pyridine rings is 2. The first-order chi connectivity index (χ1) is 16.4. The third-order valence-electron chi connectivity index (χ3n) is 4.95. The van der Waals surface area contributed by atoms with E-state index in [0.717, 1.165) is 35.5 Å². The average Bonchev–Trinajstić information content (AvgIpc) is 3.13. The molecular formula is C22H19F3N6O3S. The van der Waals surface area contributed by atoms with E-state index in [4.69, 9.17) is 0 Å². The number of urea groups is 1. The van der Waals surface area contributed by atoms with E-state index >= 15 is 0 Å². The Labute approximate surface area is 197 Å². The van der Waals surface area contributed by atoms with Crippen LogP contribution in [-0.2, 0) is 28.8 Å². The van der Waals surface area contributed by atoms with Crippen molar-refractivity contribution in [1.82, 2.24) is 19.7 Å². The van der Waals surface area contributed by atoms with E-state index in [1.165, 1.54) is 0 Å². The van der Waals surface area contributed by atoms with Crippen molar-refractivity contribution in [2.75, 3.05) is 16.9 Å². The van der Waals surface area contributed by atoms with Crippen molar-refractivity contribution in [2.24, 2.45) is 7.05 Å². The Kier molecular flexibility index (Phi) is 6.19. The molecule has 0 aliphatic heterocycles. The zero-order chi connectivity index (χ0) is 25.4. The summed E-state index contributed by atoms with van der Waals surface area (Å²) in [7, 11) is -1.61. The van der Waals surface area contributed by atoms with Crippen molar-refractivity contribution in [1.29, 1.82) is 0 Å². The smallest absolute Gasteiger partial charge is 0.308 e. The number of anilines is 2. The zero-order valence-electron chi connectivity index (χ0n) is 18.5. The van der Waals surface area contributed by atoms with Crippen LogP contribution < -0.4 is 10.6 Å². The number of alkyl halides is 3. The van der Waals surface area contributed by atoms with Crippen molar-refractivity contribution in [3.63, 3.8) is 0 Å². The number of rotatable bonds is 5. The van der Waals surface area contributed by atoms with Crippen LogP contribution in [0.4, 0.5) is 29.5 Å². The number of amides is 2. The fourth-order valence-corrected chi connectivity index (χ4v) is 4.12. The van der Waals surface area contributed by atoms with Gasteiger partial charge in [-0.05, 0) is 41.5 Å². The molecule has 0 atom stereocenters. The van der Waals surface area contributed by atoms with Gasteiger partial charge < -0.3 is 5.32 Å². The van der Waals surface area contributed by atoms with E-state index < -0.39 is 27.6 Å². The highest BCUT2D eigenvalue weighted by atomic mass is 32.2. The number of aryl methyl sites for hydroxylation is 1. The lowest BCUT2D eigenvalue weighted by Gasteiger charge is -2.11. The van der Waals surface area contributed by atoms with E-state index in [1.54, 1.807) is 48.3 Å². The predicted octanol–water partition coefficient (Wildman–Crippen LogP) is 4.24. The minimum absolute atomic E-state index is 0.232. The second-order valence-electron chi connectivity index (χ2n) is 7.82. The number of nitrogens with zero attached hydrogens (tertiary/aromatic N) is 4. The lowest BCUT2D eigenvalue weighted by molar-refractivity contribution is -0.137. The quantitative estimate of drug-likeness (QED) is 0.420. The van der Waals surface area contributed by atoms with Crippen LogP contribution in [0.3, 0.4) is 0 Å². The predicted molar refractivity (Wildman–Crippen MR) is 124 cm³/mol. The first-order valence-electron chi connectivity index (χ1n) is 10.1. The number of hydrogen-bond donors (Lipinski definition) is 2. The average molecular weight is 504 g/mol. The molecule has 0 saturated heterocycles. The molecule has 13 heteroatoms. The zero-order valence-corrected chi connectivity index (χ0v) is 19.3. The molecule has 182 valence electrons. The molecule has 0 saturated carbocycles. The lowest BCUT2D eigenvalue weighted by Crippen LogP contribution is -2.20. The molecule has 0 fully saturated rings. The Hall–Kier alpha value is -4.00. The molecule has 1 aromatic carbocycles. The van der Waals surface area contributed by atoms with Crippen LogP contribution >= 0.6 is 0 Å². The van der Waals surface area contributed by atoms with Gasteiger partial charge in [0.25, 0.3) is 0 Å². The highest BCUT2D eigenvalue weighted by Crippen LogP contribution is 2.31. The number of aromatic nitrogens is 4. The molecule has 2 N–H and O–H groups in total. The summed E-state index contributed by atoms with van der Waals surface area (Å²) in [5, 5.41) is 9.72. The monoisotopic (exact) mass is 504 g/mol. The molecule has 3 heterocycles. The number of carbonyl (C=O) groups is 1. The molecule has 0 spiro atoms. The van der Waals surface area contributed by atoms with Crippen LogP contribution in [0.1, 0.15) is 11.3 Å². The standard InChI is InChI=1S/C22H19F3N6O3S/c1-31-20-18(11-27-31)17(10-16(28-20)12-35(2,33)34)13-3-5-15(6-4-13)29-21(32)30-19-9-14(7-8-26-19)22(23,24)25/h3-11H,12H2,1-2H3,(H2,26,29,30,32). The van der Waals surface area contributed by atoms with Gasteiger partial charge in [-0.3, -0.25) is 10.00 Å². The molecule has 0 bridgehead atoms. The van der Waals surface area contributed by atoms with Crippen LogP contribution in [0.5, 0.6) is 0 Å². The molecule has 4 rings (SSSR count). The topological polar surface area (TPSA) is 119 Å². The summed E-state index contributed by atoms with van der Waals surface area (Å²) in [6.45, 7) is 0. The van der Waals surface area contributed by atoms with Crippen LogP contribution in [-0.4, -0.2) is 40.5 Å². The Balaban J connectivity index is 1.55. The molecule has 4 aromatic rings. The first kappa shape index (κ1) is 24.1. The fourth-order valence-electron chi connectivity index (χ4n) is 3.43. The second kappa shape index (κ2) is 8.98. The van der Waals surface area contributed by atoms with Gasteiger partial charge in [-0.2, -0.15) is 18.3 Å². The molecule has 0 aliphatic carbocycles. The van der Waals surface area contributed by atoms with E-state index in [9.17, 15) is 26.4 Å². The second-order valence-corrected chi connectivity index (χ2v) is 9.96. The van der Waals surface area contributed by atoms with Crippen molar-refractivity contribution < 1.29 is 26.4 Å². The van der Waals surface area contributed by atoms with Crippen LogP contribution in [0.15, 0.2) is 54.9 Å². The van der Waals surface area contributed by atoms with E-state index in [1.807, 2.05) is 0 Å². The number of hydrogen-bond acceptors (Lipinski definition) is 6. The van der Waals surface area contributed by atoms with Gasteiger partial charge in [-0.25, -0.2) is 23.2 Å². The summed E-state index contributed by atoms with van der Waals surface area (Å²) < 4.78 is 63.6. The van der Waals surface area contributed by atoms with Gasteiger partial charge in [-0.15, -0.1) is 0 Å². The molecule has 35 heavy (non-hydrogen) atoms. The van der Waals surface area contributed by atoms with Gasteiger partial charge in [0.15, 0.2) is 15.5 Å². The Morgan fingerprint density at radius 2 is 1.80 bits per heavy atom.